The van der Waals surface area contributed by atoms with Crippen molar-refractivity contribution in [3.8, 4) is 11.5 Å². The lowest BCUT2D eigenvalue weighted by Crippen LogP contribution is -2.00. The number of rotatable bonds is 1. The van der Waals surface area contributed by atoms with Crippen LogP contribution in [0.25, 0.3) is 10.8 Å². The molecule has 0 saturated heterocycles. The first kappa shape index (κ1) is 10.2. The standard InChI is InChI=1S/C11H7FO4/c12-8-5-3-1-2-4-6(5)9(13)7(10(8)14)11(15)16/h1-4,13-14H,(H,15,16). The van der Waals surface area contributed by atoms with Crippen LogP contribution < -0.4 is 0 Å². The first-order valence-electron chi connectivity index (χ1n) is 4.39. The summed E-state index contributed by atoms with van der Waals surface area (Å²) >= 11 is 0. The lowest BCUT2D eigenvalue weighted by Gasteiger charge is -2.08. The summed E-state index contributed by atoms with van der Waals surface area (Å²) in [5.74, 6) is -4.32. The van der Waals surface area contributed by atoms with Crippen molar-refractivity contribution in [2.45, 2.75) is 0 Å². The van der Waals surface area contributed by atoms with Crippen molar-refractivity contribution in [3.63, 3.8) is 0 Å². The molecule has 0 spiro atoms. The van der Waals surface area contributed by atoms with E-state index >= 15 is 0 Å². The Kier molecular flexibility index (Phi) is 2.16. The largest absolute Gasteiger partial charge is 0.506 e. The van der Waals surface area contributed by atoms with Gasteiger partial charge in [-0.05, 0) is 0 Å². The van der Waals surface area contributed by atoms with E-state index in [4.69, 9.17) is 5.11 Å². The first-order valence-corrected chi connectivity index (χ1v) is 4.39. The number of benzene rings is 2. The number of aromatic hydroxyl groups is 2. The Labute approximate surface area is 89.2 Å². The minimum Gasteiger partial charge on any atom is -0.506 e. The van der Waals surface area contributed by atoms with Crippen LogP contribution in [0.1, 0.15) is 10.4 Å². The Hall–Kier alpha value is -2.30. The molecule has 2 rings (SSSR count). The van der Waals surface area contributed by atoms with E-state index in [0.29, 0.717) is 0 Å². The molecular weight excluding hydrogens is 215 g/mol. The van der Waals surface area contributed by atoms with Gasteiger partial charge in [0.2, 0.25) is 0 Å². The quantitative estimate of drug-likeness (QED) is 0.690. The second-order valence-electron chi connectivity index (χ2n) is 3.24. The molecule has 0 amide bonds. The second-order valence-corrected chi connectivity index (χ2v) is 3.24. The van der Waals surface area contributed by atoms with Gasteiger partial charge < -0.3 is 15.3 Å². The molecule has 82 valence electrons. The number of phenols is 2. The Morgan fingerprint density at radius 2 is 1.62 bits per heavy atom. The number of hydrogen-bond acceptors (Lipinski definition) is 3. The maximum Gasteiger partial charge on any atom is 0.343 e. The van der Waals surface area contributed by atoms with Crippen molar-refractivity contribution in [3.05, 3.63) is 35.6 Å². The number of carbonyl (C=O) groups is 1. The number of carboxylic acid groups (broad SMARTS) is 1. The van der Waals surface area contributed by atoms with Gasteiger partial charge in [0, 0.05) is 10.8 Å². The maximum absolute atomic E-state index is 13.6. The highest BCUT2D eigenvalue weighted by Gasteiger charge is 2.23. The summed E-state index contributed by atoms with van der Waals surface area (Å²) in [5, 5.41) is 27.7. The highest BCUT2D eigenvalue weighted by Crippen LogP contribution is 2.38. The lowest BCUT2D eigenvalue weighted by atomic mass is 10.0. The van der Waals surface area contributed by atoms with Crippen molar-refractivity contribution >= 4 is 16.7 Å². The minimum atomic E-state index is -1.58. The summed E-state index contributed by atoms with van der Waals surface area (Å²) in [6, 6.07) is 5.77. The van der Waals surface area contributed by atoms with Crippen LogP contribution in [-0.4, -0.2) is 21.3 Å². The summed E-state index contributed by atoms with van der Waals surface area (Å²) in [7, 11) is 0. The number of hydrogen-bond donors (Lipinski definition) is 3. The molecule has 5 heteroatoms. The average molecular weight is 222 g/mol. The molecule has 0 bridgehead atoms. The van der Waals surface area contributed by atoms with Crippen LogP contribution in [0.2, 0.25) is 0 Å². The minimum absolute atomic E-state index is 0.0255. The summed E-state index contributed by atoms with van der Waals surface area (Å²) in [6.45, 7) is 0. The third-order valence-electron chi connectivity index (χ3n) is 2.31. The summed E-state index contributed by atoms with van der Waals surface area (Å²) in [6.07, 6.45) is 0. The fourth-order valence-electron chi connectivity index (χ4n) is 1.57. The molecule has 0 aliphatic heterocycles. The Balaban J connectivity index is 3.00. The van der Waals surface area contributed by atoms with Crippen LogP contribution >= 0.6 is 0 Å². The third-order valence-corrected chi connectivity index (χ3v) is 2.31. The van der Waals surface area contributed by atoms with Gasteiger partial charge >= 0.3 is 5.97 Å². The van der Waals surface area contributed by atoms with Crippen molar-refractivity contribution < 1.29 is 24.5 Å². The van der Waals surface area contributed by atoms with Crippen molar-refractivity contribution in [1.82, 2.24) is 0 Å². The number of fused-ring (bicyclic) bond motifs is 1. The molecule has 3 N–H and O–H groups in total. The van der Waals surface area contributed by atoms with Gasteiger partial charge in [0.05, 0.1) is 0 Å². The van der Waals surface area contributed by atoms with Gasteiger partial charge in [-0.3, -0.25) is 0 Å². The molecule has 0 atom stereocenters. The van der Waals surface area contributed by atoms with Crippen molar-refractivity contribution in [1.29, 1.82) is 0 Å². The second kappa shape index (κ2) is 3.37. The molecule has 0 fully saturated rings. The van der Waals surface area contributed by atoms with Crippen LogP contribution in [0.3, 0.4) is 0 Å². The van der Waals surface area contributed by atoms with E-state index in [2.05, 4.69) is 0 Å². The number of carboxylic acids is 1. The highest BCUT2D eigenvalue weighted by molar-refractivity contribution is 6.03. The first-order chi connectivity index (χ1) is 7.54. The molecule has 16 heavy (non-hydrogen) atoms. The summed E-state index contributed by atoms with van der Waals surface area (Å²) in [5.41, 5.74) is -0.823. The van der Waals surface area contributed by atoms with Gasteiger partial charge in [-0.1, -0.05) is 24.3 Å². The smallest absolute Gasteiger partial charge is 0.343 e. The van der Waals surface area contributed by atoms with Crippen LogP contribution in [0.4, 0.5) is 4.39 Å². The Morgan fingerprint density at radius 1 is 1.06 bits per heavy atom. The van der Waals surface area contributed by atoms with Crippen LogP contribution in [0.5, 0.6) is 11.5 Å². The molecule has 0 unspecified atom stereocenters. The normalized spacial score (nSPS) is 10.6. The van der Waals surface area contributed by atoms with Crippen LogP contribution in [0, 0.1) is 5.82 Å². The SMILES string of the molecule is O=C(O)c1c(O)c(F)c2ccccc2c1O. The molecule has 0 radical (unpaired) electrons. The molecule has 0 saturated carbocycles. The van der Waals surface area contributed by atoms with E-state index in [1.807, 2.05) is 0 Å². The molecular formula is C11H7FO4. The van der Waals surface area contributed by atoms with E-state index in [9.17, 15) is 19.4 Å². The van der Waals surface area contributed by atoms with Gasteiger partial charge in [-0.25, -0.2) is 9.18 Å². The summed E-state index contributed by atoms with van der Waals surface area (Å²) in [4.78, 5) is 10.8. The topological polar surface area (TPSA) is 77.8 Å². The Bertz CT molecular complexity index is 592. The van der Waals surface area contributed by atoms with E-state index in [0.717, 1.165) is 0 Å². The fraction of sp³-hybridized carbons (Fsp3) is 0. The molecule has 0 heterocycles. The van der Waals surface area contributed by atoms with Crippen LogP contribution in [-0.2, 0) is 0 Å². The third kappa shape index (κ3) is 1.25. The maximum atomic E-state index is 13.6. The molecule has 2 aromatic rings. The molecule has 0 aliphatic carbocycles. The zero-order valence-corrected chi connectivity index (χ0v) is 7.94. The van der Waals surface area contributed by atoms with Gasteiger partial charge in [-0.2, -0.15) is 0 Å². The van der Waals surface area contributed by atoms with Gasteiger partial charge in [0.15, 0.2) is 11.6 Å². The molecule has 2 aromatic carbocycles. The average Bonchev–Trinajstić information content (AvgIpc) is 2.26. The van der Waals surface area contributed by atoms with E-state index in [-0.39, 0.29) is 10.8 Å². The molecule has 0 aliphatic rings. The van der Waals surface area contributed by atoms with Gasteiger partial charge in [-0.15, -0.1) is 0 Å². The zero-order chi connectivity index (χ0) is 11.9. The summed E-state index contributed by atoms with van der Waals surface area (Å²) < 4.78 is 13.6. The number of aromatic carboxylic acids is 1. The Morgan fingerprint density at radius 3 is 2.19 bits per heavy atom. The van der Waals surface area contributed by atoms with Gasteiger partial charge in [0.25, 0.3) is 0 Å². The number of halogens is 1. The highest BCUT2D eigenvalue weighted by atomic mass is 19.1. The van der Waals surface area contributed by atoms with Crippen molar-refractivity contribution in [2.75, 3.05) is 0 Å². The van der Waals surface area contributed by atoms with E-state index in [1.54, 1.807) is 0 Å². The molecule has 0 aromatic heterocycles. The van der Waals surface area contributed by atoms with E-state index < -0.39 is 28.8 Å². The monoisotopic (exact) mass is 222 g/mol. The molecule has 4 nitrogen and oxygen atoms in total. The predicted molar refractivity (Wildman–Crippen MR) is 54.2 cm³/mol. The predicted octanol–water partition coefficient (Wildman–Crippen LogP) is 2.09. The zero-order valence-electron chi connectivity index (χ0n) is 7.94. The van der Waals surface area contributed by atoms with Crippen LogP contribution in [0.15, 0.2) is 24.3 Å². The van der Waals surface area contributed by atoms with E-state index in [1.165, 1.54) is 24.3 Å². The fourth-order valence-corrected chi connectivity index (χ4v) is 1.57. The van der Waals surface area contributed by atoms with Crippen molar-refractivity contribution in [2.24, 2.45) is 0 Å². The van der Waals surface area contributed by atoms with Gasteiger partial charge in [0.1, 0.15) is 11.3 Å². The lowest BCUT2D eigenvalue weighted by molar-refractivity contribution is 0.0690.